The smallest absolute Gasteiger partial charge is 0.302 e. The Morgan fingerprint density at radius 1 is 1.18 bits per heavy atom. The Labute approximate surface area is 263 Å². The third-order valence-corrected chi connectivity index (χ3v) is 7.96. The maximum atomic E-state index is 13.6. The molecule has 45 heavy (non-hydrogen) atoms. The van der Waals surface area contributed by atoms with Gasteiger partial charge in [0.25, 0.3) is 0 Å². The summed E-state index contributed by atoms with van der Waals surface area (Å²) in [5.74, 6) is -2.79. The average Bonchev–Trinajstić information content (AvgIpc) is 3.54. The van der Waals surface area contributed by atoms with E-state index in [4.69, 9.17) is 19.9 Å². The zero-order valence-corrected chi connectivity index (χ0v) is 25.5. The number of nitrogens with zero attached hydrogens (tertiary/aromatic N) is 3. The first kappa shape index (κ1) is 32.1. The number of methoxy groups -OCH3 is 1. The number of nitrogen functional groups attached to an aromatic ring is 1. The van der Waals surface area contributed by atoms with Crippen LogP contribution >= 0.6 is 11.9 Å². The summed E-state index contributed by atoms with van der Waals surface area (Å²) in [6, 6.07) is 10.7. The van der Waals surface area contributed by atoms with Gasteiger partial charge in [-0.2, -0.15) is 13.9 Å². The van der Waals surface area contributed by atoms with Crippen molar-refractivity contribution in [2.45, 2.75) is 30.7 Å². The van der Waals surface area contributed by atoms with Crippen molar-refractivity contribution in [2.75, 3.05) is 49.8 Å². The van der Waals surface area contributed by atoms with Crippen LogP contribution in [0.2, 0.25) is 0 Å². The molecule has 0 amide bonds. The van der Waals surface area contributed by atoms with Crippen molar-refractivity contribution in [3.63, 3.8) is 0 Å². The number of hydrogen-bond acceptors (Lipinski definition) is 10. The highest BCUT2D eigenvalue weighted by Gasteiger charge is 2.24. The molecule has 0 spiro atoms. The van der Waals surface area contributed by atoms with E-state index in [2.05, 4.69) is 20.1 Å². The molecule has 10 nitrogen and oxygen atoms in total. The minimum atomic E-state index is -2.69. The number of hydrogen-bond donors (Lipinski definition) is 4. The van der Waals surface area contributed by atoms with Crippen molar-refractivity contribution < 1.29 is 27.4 Å². The second-order valence-corrected chi connectivity index (χ2v) is 11.1. The van der Waals surface area contributed by atoms with E-state index in [1.165, 1.54) is 19.2 Å². The van der Waals surface area contributed by atoms with Gasteiger partial charge in [-0.3, -0.25) is 10.1 Å². The highest BCUT2D eigenvalue weighted by molar-refractivity contribution is 8.00. The van der Waals surface area contributed by atoms with E-state index in [0.717, 1.165) is 18.4 Å². The molecule has 0 saturated carbocycles. The van der Waals surface area contributed by atoms with Crippen LogP contribution < -0.4 is 20.5 Å². The summed E-state index contributed by atoms with van der Waals surface area (Å²) in [4.78, 5) is 4.40. The number of ether oxygens (including phenoxy) is 3. The van der Waals surface area contributed by atoms with Crippen molar-refractivity contribution in [2.24, 2.45) is 0 Å². The second-order valence-electron chi connectivity index (χ2n) is 10.3. The van der Waals surface area contributed by atoms with Gasteiger partial charge in [0.2, 0.25) is 0 Å². The largest absolute Gasteiger partial charge is 0.481 e. The van der Waals surface area contributed by atoms with Crippen molar-refractivity contribution in [1.82, 2.24) is 14.8 Å². The zero-order valence-electron chi connectivity index (χ0n) is 24.7. The predicted molar refractivity (Wildman–Crippen MR) is 170 cm³/mol. The summed E-state index contributed by atoms with van der Waals surface area (Å²) in [7, 11) is 3.23. The number of benzene rings is 2. The van der Waals surface area contributed by atoms with Crippen LogP contribution in [0.1, 0.15) is 41.7 Å². The minimum absolute atomic E-state index is 0.0333. The summed E-state index contributed by atoms with van der Waals surface area (Å²) in [6.45, 7) is 1.46. The SMILES string of the molecule is CNc1c(-c2cnn(C3CCOCC3)c2)cnc(N)c1C(=N)c1ccc(NSC(F)F)c(OC(COC)c2ccc(F)cc2)c1. The van der Waals surface area contributed by atoms with Crippen molar-refractivity contribution >= 4 is 34.9 Å². The summed E-state index contributed by atoms with van der Waals surface area (Å²) in [6.07, 6.45) is 6.39. The van der Waals surface area contributed by atoms with Crippen molar-refractivity contribution in [3.8, 4) is 16.9 Å². The first-order chi connectivity index (χ1) is 21.8. The van der Waals surface area contributed by atoms with Gasteiger partial charge < -0.3 is 30.0 Å². The molecule has 5 N–H and O–H groups in total. The van der Waals surface area contributed by atoms with Crippen molar-refractivity contribution in [3.05, 3.63) is 83.6 Å². The molecular weight excluding hydrogens is 607 g/mol. The van der Waals surface area contributed by atoms with Crippen LogP contribution in [0.25, 0.3) is 11.1 Å². The number of pyridine rings is 1. The molecule has 5 rings (SSSR count). The van der Waals surface area contributed by atoms with Gasteiger partial charge in [0.15, 0.2) is 0 Å². The third-order valence-electron chi connectivity index (χ3n) is 7.44. The number of nitrogens with one attached hydrogen (secondary N) is 3. The maximum Gasteiger partial charge on any atom is 0.302 e. The number of rotatable bonds is 13. The second kappa shape index (κ2) is 14.7. The molecule has 2 aromatic heterocycles. The monoisotopic (exact) mass is 641 g/mol. The summed E-state index contributed by atoms with van der Waals surface area (Å²) in [5.41, 5.74) is 10.1. The third kappa shape index (κ3) is 7.52. The fourth-order valence-corrected chi connectivity index (χ4v) is 5.56. The highest BCUT2D eigenvalue weighted by Crippen LogP contribution is 2.38. The Hall–Kier alpha value is -4.27. The highest BCUT2D eigenvalue weighted by atomic mass is 32.2. The summed E-state index contributed by atoms with van der Waals surface area (Å²) in [5, 5.41) is 17.0. The first-order valence-electron chi connectivity index (χ1n) is 14.2. The molecule has 1 saturated heterocycles. The lowest BCUT2D eigenvalue weighted by atomic mass is 9.97. The molecule has 238 valence electrons. The van der Waals surface area contributed by atoms with Crippen LogP contribution in [0.4, 0.5) is 30.4 Å². The van der Waals surface area contributed by atoms with Crippen LogP contribution in [0.5, 0.6) is 5.75 Å². The topological polar surface area (TPSA) is 132 Å². The van der Waals surface area contributed by atoms with Gasteiger partial charge in [-0.05, 0) is 42.7 Å². The Bertz CT molecular complexity index is 1610. The van der Waals surface area contributed by atoms with E-state index in [-0.39, 0.29) is 47.6 Å². The van der Waals surface area contributed by atoms with Gasteiger partial charge >= 0.3 is 5.76 Å². The van der Waals surface area contributed by atoms with Crippen LogP contribution in [0.15, 0.2) is 61.1 Å². The van der Waals surface area contributed by atoms with Gasteiger partial charge in [-0.25, -0.2) is 9.37 Å². The van der Waals surface area contributed by atoms with Gasteiger partial charge in [0, 0.05) is 68.4 Å². The van der Waals surface area contributed by atoms with Crippen LogP contribution in [-0.4, -0.2) is 60.2 Å². The van der Waals surface area contributed by atoms with Crippen LogP contribution in [-0.2, 0) is 9.47 Å². The first-order valence-corrected chi connectivity index (χ1v) is 15.1. The predicted octanol–water partition coefficient (Wildman–Crippen LogP) is 6.52. The number of alkyl halides is 2. The summed E-state index contributed by atoms with van der Waals surface area (Å²) >= 11 is 0.215. The zero-order chi connectivity index (χ0) is 31.9. The Morgan fingerprint density at radius 3 is 2.62 bits per heavy atom. The van der Waals surface area contributed by atoms with E-state index in [1.807, 2.05) is 10.9 Å². The van der Waals surface area contributed by atoms with E-state index >= 15 is 0 Å². The maximum absolute atomic E-state index is 13.6. The average molecular weight is 642 g/mol. The molecule has 0 bridgehead atoms. The fraction of sp³-hybridized carbons (Fsp3) is 0.323. The molecule has 1 atom stereocenters. The molecule has 3 heterocycles. The van der Waals surface area contributed by atoms with E-state index in [1.54, 1.807) is 49.8 Å². The lowest BCUT2D eigenvalue weighted by Gasteiger charge is -2.22. The van der Waals surface area contributed by atoms with Crippen molar-refractivity contribution in [1.29, 1.82) is 5.41 Å². The molecule has 1 unspecified atom stereocenters. The van der Waals surface area contributed by atoms with Gasteiger partial charge in [-0.15, -0.1) is 0 Å². The molecule has 4 aromatic rings. The molecule has 1 aliphatic rings. The lowest BCUT2D eigenvalue weighted by Crippen LogP contribution is -2.19. The molecule has 1 fully saturated rings. The molecule has 14 heteroatoms. The van der Waals surface area contributed by atoms with E-state index < -0.39 is 17.7 Å². The normalized spacial score (nSPS) is 14.4. The lowest BCUT2D eigenvalue weighted by molar-refractivity contribution is 0.0662. The van der Waals surface area contributed by atoms with Gasteiger partial charge in [-0.1, -0.05) is 18.2 Å². The Balaban J connectivity index is 1.51. The van der Waals surface area contributed by atoms with E-state index in [0.29, 0.717) is 41.2 Å². The molecule has 0 aliphatic carbocycles. The number of halogens is 3. The van der Waals surface area contributed by atoms with E-state index in [9.17, 15) is 18.6 Å². The quantitative estimate of drug-likeness (QED) is 0.0951. The summed E-state index contributed by atoms with van der Waals surface area (Å²) < 4.78 is 61.5. The number of nitrogens with two attached hydrogens (primary N) is 1. The molecule has 1 aliphatic heterocycles. The Morgan fingerprint density at radius 2 is 1.93 bits per heavy atom. The van der Waals surface area contributed by atoms with Gasteiger partial charge in [0.1, 0.15) is 23.5 Å². The molecular formula is C31H34F3N7O3S. The van der Waals surface area contributed by atoms with Gasteiger partial charge in [0.05, 0.1) is 41.5 Å². The Kier molecular flexibility index (Phi) is 10.5. The molecule has 2 aromatic carbocycles. The van der Waals surface area contributed by atoms with Crippen LogP contribution in [0, 0.1) is 11.2 Å². The number of anilines is 3. The number of aromatic nitrogens is 3. The fourth-order valence-electron chi connectivity index (χ4n) is 5.18. The minimum Gasteiger partial charge on any atom is -0.481 e. The standard InChI is InChI=1S/C31H34F3N7O3S/c1-37-29-23(20-14-39-41(16-20)22-9-11-43-12-10-22)15-38-30(36)27(29)28(35)19-5-8-24(40-45-31(33)34)25(13-19)44-26(17-42-2)18-3-6-21(32)7-4-18/h3-8,13-16,22,26,31,35,40H,9-12,17H2,1-2H3,(H3,36,37,38). The van der Waals surface area contributed by atoms with Crippen LogP contribution in [0.3, 0.4) is 0 Å². The molecule has 0 radical (unpaired) electrons.